The average molecular weight is 285 g/mol. The largest absolute Gasteiger partial charge is 0.300 e. The highest BCUT2D eigenvalue weighted by Crippen LogP contribution is 2.06. The van der Waals surface area contributed by atoms with Gasteiger partial charge in [0, 0.05) is 12.6 Å². The first-order valence-electron chi connectivity index (χ1n) is 5.55. The number of rotatable bonds is 1. The van der Waals surface area contributed by atoms with Gasteiger partial charge in [0.05, 0.1) is 4.53 Å². The van der Waals surface area contributed by atoms with Gasteiger partial charge in [0.1, 0.15) is 22.6 Å². The molecular formula is C14H8FN3OS. The van der Waals surface area contributed by atoms with Crippen molar-refractivity contribution in [2.45, 2.75) is 0 Å². The molecule has 1 heterocycles. The lowest BCUT2D eigenvalue weighted by molar-refractivity contribution is 0.625. The van der Waals surface area contributed by atoms with Gasteiger partial charge in [-0.3, -0.25) is 4.79 Å². The summed E-state index contributed by atoms with van der Waals surface area (Å²) in [7, 11) is 1.47. The minimum absolute atomic E-state index is 0.136. The normalized spacial score (nSPS) is 10.9. The number of halogens is 1. The zero-order chi connectivity index (χ0) is 14.7. The van der Waals surface area contributed by atoms with E-state index in [4.69, 9.17) is 10.5 Å². The fourth-order valence-corrected chi connectivity index (χ4v) is 2.67. The summed E-state index contributed by atoms with van der Waals surface area (Å²) in [5, 5.41) is 17.7. The van der Waals surface area contributed by atoms with E-state index in [0.717, 1.165) is 11.3 Å². The van der Waals surface area contributed by atoms with Crippen molar-refractivity contribution in [2.24, 2.45) is 7.05 Å². The van der Waals surface area contributed by atoms with Crippen LogP contribution in [0.1, 0.15) is 5.56 Å². The number of nitrogens with zero attached hydrogens (tertiary/aromatic N) is 3. The van der Waals surface area contributed by atoms with Gasteiger partial charge in [0.2, 0.25) is 0 Å². The van der Waals surface area contributed by atoms with E-state index >= 15 is 0 Å². The molecule has 0 saturated heterocycles. The second-order valence-electron chi connectivity index (χ2n) is 3.90. The fourth-order valence-electron chi connectivity index (χ4n) is 1.64. The van der Waals surface area contributed by atoms with Crippen molar-refractivity contribution >= 4 is 23.0 Å². The molecule has 0 atom stereocenters. The molecule has 98 valence electrons. The molecule has 0 saturated carbocycles. The van der Waals surface area contributed by atoms with Crippen LogP contribution in [0.5, 0.6) is 0 Å². The van der Waals surface area contributed by atoms with Gasteiger partial charge in [-0.25, -0.2) is 4.39 Å². The zero-order valence-electron chi connectivity index (χ0n) is 10.4. The molecule has 6 heteroatoms. The molecule has 0 amide bonds. The van der Waals surface area contributed by atoms with Crippen molar-refractivity contribution in [3.05, 3.63) is 55.2 Å². The molecule has 20 heavy (non-hydrogen) atoms. The lowest BCUT2D eigenvalue weighted by atomic mass is 10.2. The molecule has 0 spiro atoms. The Bertz CT molecular complexity index is 909. The number of thiazole rings is 1. The standard InChI is InChI=1S/C14H8FN3OS/c1-18-13(19)12(20-14(18)10(7-16)8-17)6-9-4-2-3-5-11(9)15/h2-6H,1H3/b12-6+. The van der Waals surface area contributed by atoms with Crippen LogP contribution in [0.15, 0.2) is 29.1 Å². The summed E-state index contributed by atoms with van der Waals surface area (Å²) in [6, 6.07) is 9.55. The summed E-state index contributed by atoms with van der Waals surface area (Å²) in [5.74, 6) is -0.436. The first kappa shape index (κ1) is 13.7. The third kappa shape index (κ3) is 2.37. The number of hydrogen-bond donors (Lipinski definition) is 0. The maximum absolute atomic E-state index is 13.6. The molecule has 0 fully saturated rings. The molecule has 2 aromatic rings. The second-order valence-corrected chi connectivity index (χ2v) is 4.93. The molecule has 0 aliphatic heterocycles. The van der Waals surface area contributed by atoms with Crippen molar-refractivity contribution in [2.75, 3.05) is 0 Å². The van der Waals surface area contributed by atoms with E-state index in [0.29, 0.717) is 0 Å². The minimum atomic E-state index is -0.436. The summed E-state index contributed by atoms with van der Waals surface area (Å²) in [5.41, 5.74) is -0.215. The first-order valence-corrected chi connectivity index (χ1v) is 6.36. The molecule has 0 aliphatic rings. The van der Waals surface area contributed by atoms with Crippen LogP contribution in [-0.2, 0) is 7.05 Å². The molecule has 0 aliphatic carbocycles. The van der Waals surface area contributed by atoms with Crippen molar-refractivity contribution < 1.29 is 4.39 Å². The van der Waals surface area contributed by atoms with Gasteiger partial charge in [0.15, 0.2) is 5.57 Å². The van der Waals surface area contributed by atoms with Crippen LogP contribution in [0.25, 0.3) is 11.6 Å². The van der Waals surface area contributed by atoms with Gasteiger partial charge in [-0.15, -0.1) is 11.3 Å². The monoisotopic (exact) mass is 285 g/mol. The van der Waals surface area contributed by atoms with Crippen LogP contribution in [0.2, 0.25) is 0 Å². The first-order chi connectivity index (χ1) is 9.58. The van der Waals surface area contributed by atoms with Gasteiger partial charge < -0.3 is 4.57 Å². The Hall–Kier alpha value is -2.70. The molecule has 2 rings (SSSR count). The predicted molar refractivity (Wildman–Crippen MR) is 73.4 cm³/mol. The molecule has 0 bridgehead atoms. The molecule has 0 N–H and O–H groups in total. The number of aromatic nitrogens is 1. The van der Waals surface area contributed by atoms with Crippen LogP contribution >= 0.6 is 11.3 Å². The molecule has 1 aromatic heterocycles. The van der Waals surface area contributed by atoms with E-state index in [9.17, 15) is 9.18 Å². The van der Waals surface area contributed by atoms with Crippen LogP contribution in [0.4, 0.5) is 4.39 Å². The zero-order valence-corrected chi connectivity index (χ0v) is 11.2. The quantitative estimate of drug-likeness (QED) is 0.771. The third-order valence-electron chi connectivity index (χ3n) is 2.66. The summed E-state index contributed by atoms with van der Waals surface area (Å²) < 4.78 is 15.3. The topological polar surface area (TPSA) is 69.6 Å². The summed E-state index contributed by atoms with van der Waals surface area (Å²) in [4.78, 5) is 12.0. The van der Waals surface area contributed by atoms with E-state index in [1.807, 2.05) is 0 Å². The maximum atomic E-state index is 13.6. The Labute approximate surface area is 117 Å². The number of nitriles is 2. The lowest BCUT2D eigenvalue weighted by Gasteiger charge is -1.92. The predicted octanol–water partition coefficient (Wildman–Crippen LogP) is 0.613. The Morgan fingerprint density at radius 2 is 2.00 bits per heavy atom. The Morgan fingerprint density at radius 1 is 1.35 bits per heavy atom. The molecule has 0 unspecified atom stereocenters. The SMILES string of the molecule is Cn1c(=C(C#N)C#N)s/c(=C/c2ccccc2F)c1=O. The van der Waals surface area contributed by atoms with Gasteiger partial charge in [-0.1, -0.05) is 18.2 Å². The molecule has 4 nitrogen and oxygen atoms in total. The summed E-state index contributed by atoms with van der Waals surface area (Å²) >= 11 is 0.993. The maximum Gasteiger partial charge on any atom is 0.268 e. The van der Waals surface area contributed by atoms with E-state index in [1.54, 1.807) is 30.3 Å². The number of benzene rings is 1. The fraction of sp³-hybridized carbons (Fsp3) is 0.0714. The molecule has 1 aromatic carbocycles. The lowest BCUT2D eigenvalue weighted by Crippen LogP contribution is -2.29. The highest BCUT2D eigenvalue weighted by atomic mass is 32.1. The van der Waals surface area contributed by atoms with E-state index in [2.05, 4.69) is 0 Å². The highest BCUT2D eigenvalue weighted by Gasteiger charge is 2.06. The van der Waals surface area contributed by atoms with Crippen molar-refractivity contribution in [1.82, 2.24) is 4.57 Å². The Kier molecular flexibility index (Phi) is 3.79. The van der Waals surface area contributed by atoms with Crippen molar-refractivity contribution in [1.29, 1.82) is 10.5 Å². The Balaban J connectivity index is 2.82. The minimum Gasteiger partial charge on any atom is -0.300 e. The van der Waals surface area contributed by atoms with E-state index in [1.165, 1.54) is 23.8 Å². The average Bonchev–Trinajstić information content (AvgIpc) is 2.72. The van der Waals surface area contributed by atoms with Crippen LogP contribution < -0.4 is 14.8 Å². The third-order valence-corrected chi connectivity index (χ3v) is 3.84. The van der Waals surface area contributed by atoms with Crippen LogP contribution in [0.3, 0.4) is 0 Å². The van der Waals surface area contributed by atoms with E-state index < -0.39 is 5.82 Å². The molecule has 0 radical (unpaired) electrons. The van der Waals surface area contributed by atoms with Gasteiger partial charge in [-0.05, 0) is 12.1 Å². The van der Waals surface area contributed by atoms with E-state index in [-0.39, 0.29) is 25.9 Å². The second kappa shape index (κ2) is 5.52. The van der Waals surface area contributed by atoms with Crippen molar-refractivity contribution in [3.63, 3.8) is 0 Å². The highest BCUT2D eigenvalue weighted by molar-refractivity contribution is 7.07. The van der Waals surface area contributed by atoms with Crippen LogP contribution in [-0.4, -0.2) is 4.57 Å². The van der Waals surface area contributed by atoms with Gasteiger partial charge in [-0.2, -0.15) is 10.5 Å². The summed E-state index contributed by atoms with van der Waals surface area (Å²) in [6.45, 7) is 0. The molecular weight excluding hydrogens is 277 g/mol. The Morgan fingerprint density at radius 3 is 2.60 bits per heavy atom. The smallest absolute Gasteiger partial charge is 0.268 e. The van der Waals surface area contributed by atoms with Gasteiger partial charge >= 0.3 is 0 Å². The van der Waals surface area contributed by atoms with Crippen LogP contribution in [0, 0.1) is 28.5 Å². The number of hydrogen-bond acceptors (Lipinski definition) is 4. The summed E-state index contributed by atoms with van der Waals surface area (Å²) in [6.07, 6.45) is 1.41. The van der Waals surface area contributed by atoms with Gasteiger partial charge in [0.25, 0.3) is 5.56 Å². The van der Waals surface area contributed by atoms with Crippen molar-refractivity contribution in [3.8, 4) is 12.1 Å².